The third-order valence-corrected chi connectivity index (χ3v) is 4.75. The maximum Gasteiger partial charge on any atom is 0.303 e. The highest BCUT2D eigenvalue weighted by Gasteiger charge is 2.43. The van der Waals surface area contributed by atoms with Gasteiger partial charge in [0, 0.05) is 19.9 Å². The highest BCUT2D eigenvalue weighted by Crippen LogP contribution is 2.33. The molecule has 2 heterocycles. The summed E-state index contributed by atoms with van der Waals surface area (Å²) >= 11 is 0. The van der Waals surface area contributed by atoms with Crippen molar-refractivity contribution in [2.24, 2.45) is 0 Å². The van der Waals surface area contributed by atoms with E-state index in [0.29, 0.717) is 17.0 Å². The second-order valence-electron chi connectivity index (χ2n) is 6.50. The molecular formula is C16H22N6O5. The number of nitrogens with zero attached hydrogens (tertiary/aromatic N) is 4. The Hall–Kier alpha value is -2.79. The molecule has 0 aromatic carbocycles. The summed E-state index contributed by atoms with van der Waals surface area (Å²) in [5.41, 5.74) is 1.06. The Morgan fingerprint density at radius 1 is 1.22 bits per heavy atom. The van der Waals surface area contributed by atoms with Crippen LogP contribution in [0.5, 0.6) is 0 Å². The number of amides is 1. The van der Waals surface area contributed by atoms with Gasteiger partial charge in [0.15, 0.2) is 11.5 Å². The number of carboxylic acids is 1. The van der Waals surface area contributed by atoms with E-state index in [1.165, 1.54) is 12.7 Å². The first-order valence-corrected chi connectivity index (χ1v) is 8.65. The van der Waals surface area contributed by atoms with Crippen LogP contribution in [0.15, 0.2) is 12.7 Å². The lowest BCUT2D eigenvalue weighted by Gasteiger charge is -2.18. The summed E-state index contributed by atoms with van der Waals surface area (Å²) in [6.45, 7) is 0. The van der Waals surface area contributed by atoms with Crippen LogP contribution in [0.2, 0.25) is 0 Å². The number of imidazole rings is 1. The first-order chi connectivity index (χ1) is 12.9. The lowest BCUT2D eigenvalue weighted by molar-refractivity contribution is -0.137. The van der Waals surface area contributed by atoms with Crippen molar-refractivity contribution in [1.82, 2.24) is 24.8 Å². The molecule has 1 saturated carbocycles. The lowest BCUT2D eigenvalue weighted by Crippen LogP contribution is -2.43. The van der Waals surface area contributed by atoms with E-state index in [0.717, 1.165) is 0 Å². The first-order valence-electron chi connectivity index (χ1n) is 8.65. The van der Waals surface area contributed by atoms with Gasteiger partial charge in [-0.15, -0.1) is 0 Å². The molecule has 4 atom stereocenters. The van der Waals surface area contributed by atoms with Crippen LogP contribution in [0.25, 0.3) is 11.2 Å². The van der Waals surface area contributed by atoms with Crippen LogP contribution in [-0.4, -0.2) is 72.0 Å². The number of rotatable bonds is 7. The van der Waals surface area contributed by atoms with Crippen molar-refractivity contribution in [3.63, 3.8) is 0 Å². The fourth-order valence-corrected chi connectivity index (χ4v) is 3.38. The zero-order valence-electron chi connectivity index (χ0n) is 14.7. The number of aliphatic carboxylic acids is 1. The summed E-state index contributed by atoms with van der Waals surface area (Å²) in [7, 11) is 1.71. The second kappa shape index (κ2) is 7.84. The van der Waals surface area contributed by atoms with Crippen molar-refractivity contribution in [3.05, 3.63) is 12.7 Å². The average molecular weight is 378 g/mol. The monoisotopic (exact) mass is 378 g/mol. The molecule has 2 aromatic rings. The van der Waals surface area contributed by atoms with Gasteiger partial charge >= 0.3 is 5.97 Å². The van der Waals surface area contributed by atoms with Gasteiger partial charge in [0.25, 0.3) is 0 Å². The topological polar surface area (TPSA) is 162 Å². The van der Waals surface area contributed by atoms with E-state index in [4.69, 9.17) is 5.11 Å². The number of carbonyl (C=O) groups is 2. The molecule has 5 N–H and O–H groups in total. The molecule has 1 aliphatic rings. The number of fused-ring (bicyclic) bond motifs is 1. The molecule has 27 heavy (non-hydrogen) atoms. The summed E-state index contributed by atoms with van der Waals surface area (Å²) in [4.78, 5) is 35.1. The van der Waals surface area contributed by atoms with Crippen molar-refractivity contribution in [2.45, 2.75) is 50.0 Å². The van der Waals surface area contributed by atoms with Crippen LogP contribution in [0.3, 0.4) is 0 Å². The van der Waals surface area contributed by atoms with E-state index in [9.17, 15) is 19.8 Å². The smallest absolute Gasteiger partial charge is 0.303 e. The van der Waals surface area contributed by atoms with Crippen molar-refractivity contribution >= 4 is 28.9 Å². The number of aliphatic hydroxyl groups excluding tert-OH is 2. The number of hydrogen-bond acceptors (Lipinski definition) is 8. The molecule has 146 valence electrons. The molecular weight excluding hydrogens is 356 g/mol. The van der Waals surface area contributed by atoms with Crippen LogP contribution in [0, 0.1) is 0 Å². The lowest BCUT2D eigenvalue weighted by atomic mass is 10.1. The van der Waals surface area contributed by atoms with Crippen LogP contribution >= 0.6 is 0 Å². The molecule has 1 amide bonds. The van der Waals surface area contributed by atoms with Crippen LogP contribution in [-0.2, 0) is 9.59 Å². The number of carbonyl (C=O) groups excluding carboxylic acids is 1. The molecule has 0 unspecified atom stereocenters. The van der Waals surface area contributed by atoms with Crippen molar-refractivity contribution in [1.29, 1.82) is 0 Å². The van der Waals surface area contributed by atoms with Gasteiger partial charge in [0.05, 0.1) is 18.4 Å². The van der Waals surface area contributed by atoms with E-state index < -0.39 is 30.3 Å². The normalized spacial score (nSPS) is 24.9. The Kier molecular flexibility index (Phi) is 5.51. The quantitative estimate of drug-likeness (QED) is 0.418. The Bertz CT molecular complexity index is 840. The SMILES string of the molecule is CNc1ncnc2c1ncn2[C@H]1C[C@@H](NC(=O)CCCC(=O)O)[C@@H](O)[C@H]1O. The number of hydrogen-bond donors (Lipinski definition) is 5. The number of aliphatic hydroxyl groups is 2. The van der Waals surface area contributed by atoms with Gasteiger partial charge in [-0.2, -0.15) is 0 Å². The van der Waals surface area contributed by atoms with Gasteiger partial charge in [0.1, 0.15) is 24.1 Å². The third-order valence-electron chi connectivity index (χ3n) is 4.75. The predicted molar refractivity (Wildman–Crippen MR) is 94.0 cm³/mol. The molecule has 0 aliphatic heterocycles. The molecule has 11 nitrogen and oxygen atoms in total. The minimum Gasteiger partial charge on any atom is -0.481 e. The van der Waals surface area contributed by atoms with Crippen molar-refractivity contribution in [3.8, 4) is 0 Å². The molecule has 1 aliphatic carbocycles. The van der Waals surface area contributed by atoms with Crippen LogP contribution < -0.4 is 10.6 Å². The zero-order chi connectivity index (χ0) is 19.6. The number of aromatic nitrogens is 4. The third kappa shape index (κ3) is 3.83. The summed E-state index contributed by atoms with van der Waals surface area (Å²) in [6, 6.07) is -1.17. The number of carboxylic acid groups (broad SMARTS) is 1. The maximum atomic E-state index is 12.0. The minimum absolute atomic E-state index is 0.0447. The average Bonchev–Trinajstić information content (AvgIpc) is 3.17. The van der Waals surface area contributed by atoms with E-state index in [1.807, 2.05) is 0 Å². The van der Waals surface area contributed by atoms with Crippen molar-refractivity contribution < 1.29 is 24.9 Å². The first kappa shape index (κ1) is 19.0. The fourth-order valence-electron chi connectivity index (χ4n) is 3.38. The van der Waals surface area contributed by atoms with Gasteiger partial charge < -0.3 is 30.5 Å². The standard InChI is InChI=1S/C16H22N6O5/c1-17-15-12-16(19-6-18-15)22(7-20-12)9-5-8(13(26)14(9)27)21-10(23)3-2-4-11(24)25/h6-9,13-14,26-27H,2-5H2,1H3,(H,21,23)(H,24,25)(H,17,18,19)/t8-,9+,13-,14+/m1/s1. The van der Waals surface area contributed by atoms with Crippen LogP contribution in [0.1, 0.15) is 31.7 Å². The Labute approximate surface area is 154 Å². The maximum absolute atomic E-state index is 12.0. The highest BCUT2D eigenvalue weighted by molar-refractivity contribution is 5.82. The molecule has 1 fully saturated rings. The number of anilines is 1. The molecule has 0 spiro atoms. The zero-order valence-corrected chi connectivity index (χ0v) is 14.7. The Morgan fingerprint density at radius 2 is 2.00 bits per heavy atom. The minimum atomic E-state index is -1.15. The fraction of sp³-hybridized carbons (Fsp3) is 0.562. The molecule has 0 bridgehead atoms. The number of nitrogens with one attached hydrogen (secondary N) is 2. The van der Waals surface area contributed by atoms with E-state index in [-0.39, 0.29) is 31.6 Å². The van der Waals surface area contributed by atoms with Crippen LogP contribution in [0.4, 0.5) is 5.82 Å². The predicted octanol–water partition coefficient (Wildman–Crippen LogP) is -0.726. The summed E-state index contributed by atoms with van der Waals surface area (Å²) < 4.78 is 1.67. The molecule has 0 radical (unpaired) electrons. The van der Waals surface area contributed by atoms with Gasteiger partial charge in [-0.25, -0.2) is 15.0 Å². The van der Waals surface area contributed by atoms with E-state index in [1.54, 1.807) is 11.6 Å². The molecule has 0 saturated heterocycles. The van der Waals surface area contributed by atoms with Gasteiger partial charge in [-0.1, -0.05) is 0 Å². The molecule has 2 aromatic heterocycles. The van der Waals surface area contributed by atoms with Gasteiger partial charge in [0.2, 0.25) is 5.91 Å². The molecule has 3 rings (SSSR count). The van der Waals surface area contributed by atoms with Gasteiger partial charge in [-0.3, -0.25) is 9.59 Å². The Morgan fingerprint density at radius 3 is 2.70 bits per heavy atom. The van der Waals surface area contributed by atoms with E-state index in [2.05, 4.69) is 25.6 Å². The van der Waals surface area contributed by atoms with Gasteiger partial charge in [-0.05, 0) is 12.8 Å². The van der Waals surface area contributed by atoms with E-state index >= 15 is 0 Å². The Balaban J connectivity index is 1.72. The second-order valence-corrected chi connectivity index (χ2v) is 6.50. The largest absolute Gasteiger partial charge is 0.481 e. The summed E-state index contributed by atoms with van der Waals surface area (Å²) in [5.74, 6) is -0.771. The summed E-state index contributed by atoms with van der Waals surface area (Å²) in [5, 5.41) is 35.0. The molecule has 11 heteroatoms. The highest BCUT2D eigenvalue weighted by atomic mass is 16.4. The summed E-state index contributed by atoms with van der Waals surface area (Å²) in [6.07, 6.45) is 1.09. The van der Waals surface area contributed by atoms with Crippen molar-refractivity contribution in [2.75, 3.05) is 12.4 Å².